The highest BCUT2D eigenvalue weighted by atomic mass is 32.2. The zero-order valence-corrected chi connectivity index (χ0v) is 40.0. The molecule has 72 heavy (non-hydrogen) atoms. The number of fused-ring (bicyclic) bond motifs is 12. The number of rotatable bonds is 9. The zero-order chi connectivity index (χ0) is 47.6. The van der Waals surface area contributed by atoms with Gasteiger partial charge in [-0.3, -0.25) is 0 Å². The summed E-state index contributed by atoms with van der Waals surface area (Å²) >= 11 is 1.87. The van der Waals surface area contributed by atoms with Crippen LogP contribution >= 0.6 is 11.8 Å². The Morgan fingerprint density at radius 1 is 0.306 bits per heavy atom. The first-order valence-corrected chi connectivity index (χ1v) is 25.3. The molecule has 0 saturated carbocycles. The van der Waals surface area contributed by atoms with Crippen molar-refractivity contribution in [2.45, 2.75) is 15.2 Å². The maximum Gasteiger partial charge on any atom is 0.139 e. The van der Waals surface area contributed by atoms with Gasteiger partial charge in [-0.25, -0.2) is 0 Å². The summed E-state index contributed by atoms with van der Waals surface area (Å²) in [6.45, 7) is 0. The van der Waals surface area contributed by atoms with E-state index >= 15 is 0 Å². The molecular formula is C67H45N3OS. The van der Waals surface area contributed by atoms with Gasteiger partial charge < -0.3 is 19.1 Å². The Morgan fingerprint density at radius 3 is 1.31 bits per heavy atom. The fourth-order valence-corrected chi connectivity index (χ4v) is 12.8. The van der Waals surface area contributed by atoms with Crippen molar-refractivity contribution in [2.24, 2.45) is 0 Å². The van der Waals surface area contributed by atoms with Crippen molar-refractivity contribution in [2.75, 3.05) is 14.7 Å². The van der Waals surface area contributed by atoms with E-state index in [9.17, 15) is 0 Å². The number of nitrogens with zero attached hydrogens (tertiary/aromatic N) is 3. The van der Waals surface area contributed by atoms with Crippen molar-refractivity contribution in [3.63, 3.8) is 0 Å². The zero-order valence-electron chi connectivity index (χ0n) is 39.1. The van der Waals surface area contributed by atoms with Crippen molar-refractivity contribution >= 4 is 84.9 Å². The molecule has 12 aromatic rings. The molecule has 2 heterocycles. The van der Waals surface area contributed by atoms with Gasteiger partial charge in [-0.2, -0.15) is 0 Å². The number of furan rings is 1. The van der Waals surface area contributed by atoms with Crippen LogP contribution in [0.1, 0.15) is 22.3 Å². The average Bonchev–Trinajstić information content (AvgIpc) is 3.97. The van der Waals surface area contributed by atoms with Gasteiger partial charge in [0.05, 0.1) is 27.9 Å². The van der Waals surface area contributed by atoms with Crippen LogP contribution in [0.25, 0.3) is 33.1 Å². The summed E-state index contributed by atoms with van der Waals surface area (Å²) in [6, 6.07) is 98.6. The Hall–Kier alpha value is -9.03. The van der Waals surface area contributed by atoms with Gasteiger partial charge in [0.1, 0.15) is 11.2 Å². The Kier molecular flexibility index (Phi) is 9.97. The van der Waals surface area contributed by atoms with Crippen LogP contribution in [-0.2, 0) is 5.41 Å². The van der Waals surface area contributed by atoms with Crippen LogP contribution in [0.5, 0.6) is 0 Å². The molecular weight excluding hydrogens is 895 g/mol. The van der Waals surface area contributed by atoms with Crippen molar-refractivity contribution in [1.82, 2.24) is 0 Å². The Balaban J connectivity index is 1.06. The Bertz CT molecular complexity index is 3850. The van der Waals surface area contributed by atoms with Gasteiger partial charge in [0, 0.05) is 67.0 Å². The summed E-state index contributed by atoms with van der Waals surface area (Å²) in [4.78, 5) is 9.69. The number of hydrogen-bond donors (Lipinski definition) is 0. The van der Waals surface area contributed by atoms with Crippen molar-refractivity contribution in [3.8, 4) is 11.1 Å². The fourth-order valence-electron chi connectivity index (χ4n) is 11.6. The van der Waals surface area contributed by atoms with Gasteiger partial charge in [0.2, 0.25) is 0 Å². The SMILES string of the molecule is c1ccc(N(c2ccccc2)c2ccc3c(c2)oc2cc(N(c4ccccc4)c4cccc5c4-c4ccccc4C54c5ccccc5Sc5ccccc54)cc(N(c4ccccc4)c4ccccc4)c23)cc1. The van der Waals surface area contributed by atoms with Crippen LogP contribution in [0.3, 0.4) is 0 Å². The van der Waals surface area contributed by atoms with E-state index in [2.05, 4.69) is 288 Å². The molecule has 0 amide bonds. The second-order valence-electron chi connectivity index (χ2n) is 18.4. The molecule has 1 aromatic heterocycles. The largest absolute Gasteiger partial charge is 0.456 e. The molecule has 340 valence electrons. The maximum absolute atomic E-state index is 7.27. The molecule has 4 nitrogen and oxygen atoms in total. The minimum absolute atomic E-state index is 0.529. The number of para-hydroxylation sites is 5. The van der Waals surface area contributed by atoms with E-state index in [-0.39, 0.29) is 0 Å². The number of anilines is 9. The van der Waals surface area contributed by atoms with E-state index in [4.69, 9.17) is 4.42 Å². The molecule has 0 fully saturated rings. The van der Waals surface area contributed by atoms with Gasteiger partial charge in [0.15, 0.2) is 0 Å². The predicted molar refractivity (Wildman–Crippen MR) is 299 cm³/mol. The van der Waals surface area contributed by atoms with Crippen LogP contribution in [0.15, 0.2) is 287 Å². The molecule has 1 aliphatic heterocycles. The smallest absolute Gasteiger partial charge is 0.139 e. The lowest BCUT2D eigenvalue weighted by atomic mass is 9.67. The van der Waals surface area contributed by atoms with Gasteiger partial charge >= 0.3 is 0 Å². The highest BCUT2D eigenvalue weighted by Crippen LogP contribution is 2.64. The topological polar surface area (TPSA) is 22.9 Å². The predicted octanol–water partition coefficient (Wildman–Crippen LogP) is 18.8. The molecule has 0 bridgehead atoms. The fraction of sp³-hybridized carbons (Fsp3) is 0.0149. The molecule has 11 aromatic carbocycles. The number of benzene rings is 11. The summed E-state index contributed by atoms with van der Waals surface area (Å²) in [5, 5.41) is 2.06. The van der Waals surface area contributed by atoms with Gasteiger partial charge in [-0.15, -0.1) is 0 Å². The lowest BCUT2D eigenvalue weighted by molar-refractivity contribution is 0.669. The van der Waals surface area contributed by atoms with E-state index in [1.807, 2.05) is 11.8 Å². The van der Waals surface area contributed by atoms with Crippen molar-refractivity contribution < 1.29 is 4.42 Å². The second-order valence-corrected chi connectivity index (χ2v) is 19.5. The molecule has 5 heteroatoms. The third-order valence-corrected chi connectivity index (χ3v) is 15.6. The molecule has 0 radical (unpaired) electrons. The first kappa shape index (κ1) is 41.9. The second kappa shape index (κ2) is 17.1. The van der Waals surface area contributed by atoms with Gasteiger partial charge in [0.25, 0.3) is 0 Å². The first-order chi connectivity index (χ1) is 35.7. The van der Waals surface area contributed by atoms with Crippen LogP contribution in [-0.4, -0.2) is 0 Å². The molecule has 0 N–H and O–H groups in total. The van der Waals surface area contributed by atoms with Gasteiger partial charge in [-0.1, -0.05) is 176 Å². The summed E-state index contributed by atoms with van der Waals surface area (Å²) in [7, 11) is 0. The van der Waals surface area contributed by atoms with Crippen LogP contribution in [0, 0.1) is 0 Å². The summed E-state index contributed by atoms with van der Waals surface area (Å²) in [5.74, 6) is 0. The van der Waals surface area contributed by atoms with E-state index < -0.39 is 5.41 Å². The molecule has 14 rings (SSSR count). The standard InChI is InChI=1S/C67H45N3OS/c1-6-23-46(24-7-1)68(47-25-8-2-9-26-47)51-41-42-54-61(44-51)71-62-45-52(43-60(66(54)62)69(48-27-10-3-11-28-48)49-29-12-4-13-30-49)70(50-31-14-5-15-32-50)59-38-22-37-58-65(59)53-33-16-17-34-55(53)67(58)56-35-18-20-39-63(56)72-64-40-21-19-36-57(64)67/h1-45H. The van der Waals surface area contributed by atoms with Crippen LogP contribution in [0.4, 0.5) is 51.2 Å². The minimum Gasteiger partial charge on any atom is -0.456 e. The maximum atomic E-state index is 7.27. The molecule has 1 aliphatic carbocycles. The summed E-state index contributed by atoms with van der Waals surface area (Å²) < 4.78 is 7.27. The third kappa shape index (κ3) is 6.55. The lowest BCUT2D eigenvalue weighted by Gasteiger charge is -2.39. The van der Waals surface area contributed by atoms with Gasteiger partial charge in [-0.05, 0) is 125 Å². The van der Waals surface area contributed by atoms with E-state index in [1.54, 1.807) is 0 Å². The van der Waals surface area contributed by atoms with E-state index in [0.717, 1.165) is 73.1 Å². The quantitative estimate of drug-likeness (QED) is 0.143. The molecule has 0 unspecified atom stereocenters. The normalized spacial score (nSPS) is 12.8. The first-order valence-electron chi connectivity index (χ1n) is 24.5. The molecule has 1 spiro atoms. The van der Waals surface area contributed by atoms with Crippen molar-refractivity contribution in [1.29, 1.82) is 0 Å². The highest BCUT2D eigenvalue weighted by Gasteiger charge is 2.51. The summed E-state index contributed by atoms with van der Waals surface area (Å²) in [6.07, 6.45) is 0. The van der Waals surface area contributed by atoms with Crippen LogP contribution < -0.4 is 14.7 Å². The Labute approximate surface area is 423 Å². The minimum atomic E-state index is -0.529. The van der Waals surface area contributed by atoms with Crippen molar-refractivity contribution in [3.05, 3.63) is 295 Å². The molecule has 2 aliphatic rings. The highest BCUT2D eigenvalue weighted by molar-refractivity contribution is 7.99. The van der Waals surface area contributed by atoms with E-state index in [0.29, 0.717) is 0 Å². The molecule has 0 saturated heterocycles. The average molecular weight is 940 g/mol. The van der Waals surface area contributed by atoms with E-state index in [1.165, 1.54) is 43.2 Å². The number of hydrogen-bond acceptors (Lipinski definition) is 5. The molecule has 0 atom stereocenters. The van der Waals surface area contributed by atoms with Crippen LogP contribution in [0.2, 0.25) is 0 Å². The monoisotopic (exact) mass is 939 g/mol. The summed E-state index contributed by atoms with van der Waals surface area (Å²) in [5.41, 5.74) is 18.0. The Morgan fingerprint density at radius 2 is 0.750 bits per heavy atom. The lowest BCUT2D eigenvalue weighted by Crippen LogP contribution is -2.32. The third-order valence-electron chi connectivity index (χ3n) is 14.4.